The van der Waals surface area contributed by atoms with Crippen LogP contribution in [0.1, 0.15) is 80.0 Å². The Bertz CT molecular complexity index is 780. The molecule has 0 saturated heterocycles. The van der Waals surface area contributed by atoms with Gasteiger partial charge in [-0.2, -0.15) is 0 Å². The second-order valence-corrected chi connectivity index (χ2v) is 6.47. The van der Waals surface area contributed by atoms with E-state index in [4.69, 9.17) is 0 Å². The predicted molar refractivity (Wildman–Crippen MR) is 95.9 cm³/mol. The Morgan fingerprint density at radius 1 is 1.29 bits per heavy atom. The van der Waals surface area contributed by atoms with E-state index < -0.39 is 11.4 Å². The van der Waals surface area contributed by atoms with Crippen molar-refractivity contribution in [3.05, 3.63) is 39.4 Å². The molecule has 0 aliphatic carbocycles. The van der Waals surface area contributed by atoms with Crippen molar-refractivity contribution < 1.29 is 9.90 Å². The predicted octanol–water partition coefficient (Wildman–Crippen LogP) is 4.39. The monoisotopic (exact) mass is 330 g/mol. The summed E-state index contributed by atoms with van der Waals surface area (Å²) >= 11 is 0. The number of hydrogen-bond donors (Lipinski definition) is 2. The van der Waals surface area contributed by atoms with Gasteiger partial charge in [0.2, 0.25) is 5.43 Å². The molecule has 1 atom stereocenters. The van der Waals surface area contributed by atoms with Crippen molar-refractivity contribution in [2.45, 2.75) is 65.2 Å². The Hall–Kier alpha value is -2.17. The molecular formula is C19H26N2O3. The highest BCUT2D eigenvalue weighted by atomic mass is 16.4. The van der Waals surface area contributed by atoms with Crippen LogP contribution in [-0.2, 0) is 0 Å². The van der Waals surface area contributed by atoms with E-state index >= 15 is 0 Å². The van der Waals surface area contributed by atoms with Crippen LogP contribution in [0.15, 0.2) is 17.1 Å². The minimum atomic E-state index is -1.17. The third-order valence-corrected chi connectivity index (χ3v) is 4.58. The Kier molecular flexibility index (Phi) is 6.12. The number of carboxylic acids is 1. The van der Waals surface area contributed by atoms with E-state index in [1.54, 1.807) is 19.2 Å². The molecule has 2 aromatic heterocycles. The van der Waals surface area contributed by atoms with Gasteiger partial charge < -0.3 is 10.1 Å². The molecule has 2 heterocycles. The molecule has 0 aromatic carbocycles. The second kappa shape index (κ2) is 8.08. The van der Waals surface area contributed by atoms with E-state index in [0.717, 1.165) is 19.3 Å². The first kappa shape index (κ1) is 18.2. The third kappa shape index (κ3) is 3.83. The van der Waals surface area contributed by atoms with Crippen LogP contribution in [0, 0.1) is 6.92 Å². The molecule has 0 amide bonds. The molecule has 0 fully saturated rings. The highest BCUT2D eigenvalue weighted by molar-refractivity contribution is 5.94. The molecule has 0 saturated carbocycles. The fourth-order valence-electron chi connectivity index (χ4n) is 3.19. The molecule has 5 heteroatoms. The van der Waals surface area contributed by atoms with Gasteiger partial charge in [0.15, 0.2) is 0 Å². The number of unbranched alkanes of at least 4 members (excludes halogenated alkanes) is 4. The van der Waals surface area contributed by atoms with Crippen LogP contribution in [0.5, 0.6) is 0 Å². The Labute approximate surface area is 142 Å². The lowest BCUT2D eigenvalue weighted by Crippen LogP contribution is -2.22. The van der Waals surface area contributed by atoms with Gasteiger partial charge in [0.05, 0.1) is 16.6 Å². The maximum absolute atomic E-state index is 12.7. The van der Waals surface area contributed by atoms with Crippen molar-refractivity contribution in [1.29, 1.82) is 0 Å². The largest absolute Gasteiger partial charge is 0.477 e. The first-order chi connectivity index (χ1) is 11.5. The number of aryl methyl sites for hydroxylation is 1. The first-order valence-electron chi connectivity index (χ1n) is 8.72. The molecule has 0 bridgehead atoms. The molecule has 130 valence electrons. The van der Waals surface area contributed by atoms with Crippen LogP contribution in [0.4, 0.5) is 0 Å². The van der Waals surface area contributed by atoms with Gasteiger partial charge in [-0.15, -0.1) is 0 Å². The molecule has 2 rings (SSSR count). The molecule has 0 aliphatic rings. The van der Waals surface area contributed by atoms with Gasteiger partial charge in [-0.3, -0.25) is 9.78 Å². The molecular weight excluding hydrogens is 304 g/mol. The number of H-pyrrole nitrogens is 1. The van der Waals surface area contributed by atoms with Gasteiger partial charge in [0, 0.05) is 11.9 Å². The Balaban J connectivity index is 2.36. The number of fused-ring (bicyclic) bond motifs is 1. The molecule has 0 radical (unpaired) electrons. The Morgan fingerprint density at radius 3 is 2.67 bits per heavy atom. The number of nitrogens with one attached hydrogen (secondary N) is 1. The molecule has 2 aromatic rings. The summed E-state index contributed by atoms with van der Waals surface area (Å²) < 4.78 is 0. The quantitative estimate of drug-likeness (QED) is 0.703. The summed E-state index contributed by atoms with van der Waals surface area (Å²) in [5.41, 5.74) is 1.16. The Morgan fingerprint density at radius 2 is 2.00 bits per heavy atom. The summed E-state index contributed by atoms with van der Waals surface area (Å²) in [6, 6.07) is 1.73. The van der Waals surface area contributed by atoms with Crippen molar-refractivity contribution in [1.82, 2.24) is 9.97 Å². The van der Waals surface area contributed by atoms with Gasteiger partial charge in [0.1, 0.15) is 5.56 Å². The van der Waals surface area contributed by atoms with E-state index in [-0.39, 0.29) is 11.5 Å². The number of aromatic carboxylic acids is 1. The normalized spacial score (nSPS) is 12.5. The molecule has 2 N–H and O–H groups in total. The van der Waals surface area contributed by atoms with Crippen molar-refractivity contribution in [3.63, 3.8) is 0 Å². The smallest absolute Gasteiger partial charge is 0.341 e. The zero-order chi connectivity index (χ0) is 17.7. The van der Waals surface area contributed by atoms with Crippen LogP contribution in [-0.4, -0.2) is 21.0 Å². The molecule has 24 heavy (non-hydrogen) atoms. The maximum atomic E-state index is 12.7. The summed E-state index contributed by atoms with van der Waals surface area (Å²) in [5.74, 6) is -1.17. The maximum Gasteiger partial charge on any atom is 0.341 e. The summed E-state index contributed by atoms with van der Waals surface area (Å²) in [4.78, 5) is 31.7. The number of aromatic amines is 1. The zero-order valence-electron chi connectivity index (χ0n) is 14.7. The van der Waals surface area contributed by atoms with E-state index in [1.807, 2.05) is 6.92 Å². The number of pyridine rings is 2. The SMILES string of the molecule is CCCCCCCC(C)c1[nH]c2ccnc(C)c2c(=O)c1C(=O)O. The molecule has 1 unspecified atom stereocenters. The van der Waals surface area contributed by atoms with Gasteiger partial charge >= 0.3 is 5.97 Å². The minimum Gasteiger partial charge on any atom is -0.477 e. The van der Waals surface area contributed by atoms with E-state index in [0.29, 0.717) is 22.3 Å². The van der Waals surface area contributed by atoms with Crippen LogP contribution in [0.3, 0.4) is 0 Å². The third-order valence-electron chi connectivity index (χ3n) is 4.58. The lowest BCUT2D eigenvalue weighted by atomic mass is 9.94. The number of carbonyl (C=O) groups is 1. The summed E-state index contributed by atoms with van der Waals surface area (Å²) in [5, 5.41) is 9.92. The van der Waals surface area contributed by atoms with Crippen molar-refractivity contribution in [3.8, 4) is 0 Å². The zero-order valence-corrected chi connectivity index (χ0v) is 14.7. The fourth-order valence-corrected chi connectivity index (χ4v) is 3.19. The first-order valence-corrected chi connectivity index (χ1v) is 8.72. The number of carboxylic acid groups (broad SMARTS) is 1. The lowest BCUT2D eigenvalue weighted by molar-refractivity contribution is 0.0693. The number of hydrogen-bond acceptors (Lipinski definition) is 3. The lowest BCUT2D eigenvalue weighted by Gasteiger charge is -2.16. The van der Waals surface area contributed by atoms with Crippen LogP contribution in [0.25, 0.3) is 10.9 Å². The van der Waals surface area contributed by atoms with Crippen LogP contribution in [0.2, 0.25) is 0 Å². The highest BCUT2D eigenvalue weighted by Crippen LogP contribution is 2.25. The van der Waals surface area contributed by atoms with Crippen molar-refractivity contribution in [2.24, 2.45) is 0 Å². The van der Waals surface area contributed by atoms with Crippen LogP contribution < -0.4 is 5.43 Å². The molecule has 0 aliphatic heterocycles. The summed E-state index contributed by atoms with van der Waals surface area (Å²) in [6.45, 7) is 5.88. The standard InChI is InChI=1S/C19H26N2O3/c1-4-5-6-7-8-9-12(2)17-16(19(23)24)18(22)15-13(3)20-11-10-14(15)21-17/h10-12H,4-9H2,1-3H3,(H,21,22)(H,23,24). The van der Waals surface area contributed by atoms with Crippen LogP contribution >= 0.6 is 0 Å². The van der Waals surface area contributed by atoms with Crippen molar-refractivity contribution in [2.75, 3.05) is 0 Å². The number of aromatic nitrogens is 2. The fraction of sp³-hybridized carbons (Fsp3) is 0.526. The summed E-state index contributed by atoms with van der Waals surface area (Å²) in [7, 11) is 0. The topological polar surface area (TPSA) is 83.0 Å². The molecule has 0 spiro atoms. The van der Waals surface area contributed by atoms with Gasteiger partial charge in [-0.1, -0.05) is 46.0 Å². The summed E-state index contributed by atoms with van der Waals surface area (Å²) in [6.07, 6.45) is 8.31. The second-order valence-electron chi connectivity index (χ2n) is 6.47. The number of rotatable bonds is 8. The van der Waals surface area contributed by atoms with Crippen molar-refractivity contribution >= 4 is 16.9 Å². The number of nitrogens with zero attached hydrogens (tertiary/aromatic N) is 1. The van der Waals surface area contributed by atoms with Gasteiger partial charge in [-0.05, 0) is 25.3 Å². The van der Waals surface area contributed by atoms with Gasteiger partial charge in [-0.25, -0.2) is 4.79 Å². The average Bonchev–Trinajstić information content (AvgIpc) is 2.53. The van der Waals surface area contributed by atoms with Gasteiger partial charge in [0.25, 0.3) is 0 Å². The molecule has 5 nitrogen and oxygen atoms in total. The minimum absolute atomic E-state index is 0.00305. The van der Waals surface area contributed by atoms with E-state index in [9.17, 15) is 14.7 Å². The van der Waals surface area contributed by atoms with E-state index in [2.05, 4.69) is 16.9 Å². The van der Waals surface area contributed by atoms with E-state index in [1.165, 1.54) is 19.3 Å². The average molecular weight is 330 g/mol. The highest BCUT2D eigenvalue weighted by Gasteiger charge is 2.22.